The molecule has 0 saturated carbocycles. The largest absolute Gasteiger partial charge is 0.355 e. The van der Waals surface area contributed by atoms with E-state index in [4.69, 9.17) is 0 Å². The minimum Gasteiger partial charge on any atom is -0.355 e. The number of aromatic nitrogens is 1. The zero-order valence-corrected chi connectivity index (χ0v) is 19.5. The van der Waals surface area contributed by atoms with E-state index in [2.05, 4.69) is 77.4 Å². The van der Waals surface area contributed by atoms with Crippen LogP contribution in [-0.4, -0.2) is 46.9 Å². The molecular formula is C27H34N4O. The standard InChI is InChI=1S/C27H34N4O/c1-18(2)30(3)16-20-12-22-15-28-27(32)26(22)23(13-20)25-14-21-11-19(7-8-24(21)29-25)17-31-9-5-4-6-10-31/h7-8,11-14,18,29H,4-6,9-10,15-17H2,1-3H3,(H,28,32). The molecule has 2 aromatic carbocycles. The lowest BCUT2D eigenvalue weighted by Gasteiger charge is -2.26. The van der Waals surface area contributed by atoms with Gasteiger partial charge in [0.1, 0.15) is 0 Å². The van der Waals surface area contributed by atoms with Crippen LogP contribution < -0.4 is 5.32 Å². The lowest BCUT2D eigenvalue weighted by atomic mass is 9.96. The van der Waals surface area contributed by atoms with Gasteiger partial charge in [-0.05, 0) is 87.8 Å². The highest BCUT2D eigenvalue weighted by molar-refractivity contribution is 6.05. The topological polar surface area (TPSA) is 51.4 Å². The van der Waals surface area contributed by atoms with Crippen molar-refractivity contribution in [3.8, 4) is 11.3 Å². The van der Waals surface area contributed by atoms with Gasteiger partial charge in [-0.1, -0.05) is 18.6 Å². The Kier molecular flexibility index (Phi) is 5.78. The van der Waals surface area contributed by atoms with Crippen LogP contribution in [0.1, 0.15) is 60.2 Å². The lowest BCUT2D eigenvalue weighted by Crippen LogP contribution is -2.28. The van der Waals surface area contributed by atoms with Crippen molar-refractivity contribution in [3.05, 3.63) is 58.7 Å². The summed E-state index contributed by atoms with van der Waals surface area (Å²) in [5.41, 5.74) is 7.69. The molecule has 1 aromatic heterocycles. The van der Waals surface area contributed by atoms with Crippen LogP contribution in [0.15, 0.2) is 36.4 Å². The first kappa shape index (κ1) is 21.2. The number of nitrogens with one attached hydrogen (secondary N) is 2. The minimum atomic E-state index is 0.0307. The quantitative estimate of drug-likeness (QED) is 0.585. The predicted molar refractivity (Wildman–Crippen MR) is 131 cm³/mol. The average Bonchev–Trinajstić information content (AvgIpc) is 3.37. The SMILES string of the molecule is CC(C)N(C)Cc1cc2c(c(-c3cc4cc(CN5CCCCC5)ccc4[nH]3)c1)C(=O)NC2. The van der Waals surface area contributed by atoms with Crippen LogP contribution in [0, 0.1) is 0 Å². The average molecular weight is 431 g/mol. The van der Waals surface area contributed by atoms with E-state index in [-0.39, 0.29) is 5.91 Å². The zero-order chi connectivity index (χ0) is 22.2. The van der Waals surface area contributed by atoms with Crippen molar-refractivity contribution in [2.45, 2.75) is 58.8 Å². The van der Waals surface area contributed by atoms with E-state index in [0.717, 1.165) is 41.0 Å². The summed E-state index contributed by atoms with van der Waals surface area (Å²) in [6.45, 7) is 9.32. The molecule has 0 atom stereocenters. The van der Waals surface area contributed by atoms with Crippen LogP contribution in [0.3, 0.4) is 0 Å². The van der Waals surface area contributed by atoms with Crippen molar-refractivity contribution in [3.63, 3.8) is 0 Å². The highest BCUT2D eigenvalue weighted by Gasteiger charge is 2.25. The molecule has 32 heavy (non-hydrogen) atoms. The fraction of sp³-hybridized carbons (Fsp3) is 0.444. The van der Waals surface area contributed by atoms with Crippen molar-refractivity contribution < 1.29 is 4.79 Å². The van der Waals surface area contributed by atoms with Crippen LogP contribution in [0.25, 0.3) is 22.2 Å². The van der Waals surface area contributed by atoms with E-state index < -0.39 is 0 Å². The second-order valence-electron chi connectivity index (χ2n) is 9.81. The zero-order valence-electron chi connectivity index (χ0n) is 19.5. The molecule has 5 nitrogen and oxygen atoms in total. The van der Waals surface area contributed by atoms with Gasteiger partial charge in [-0.2, -0.15) is 0 Å². The first-order valence-electron chi connectivity index (χ1n) is 12.0. The molecule has 0 bridgehead atoms. The van der Waals surface area contributed by atoms with E-state index in [1.807, 2.05) is 0 Å². The van der Waals surface area contributed by atoms with Crippen molar-refractivity contribution in [1.82, 2.24) is 20.1 Å². The fourth-order valence-corrected chi connectivity index (χ4v) is 5.02. The minimum absolute atomic E-state index is 0.0307. The third-order valence-corrected chi connectivity index (χ3v) is 7.09. The second kappa shape index (κ2) is 8.72. The van der Waals surface area contributed by atoms with E-state index >= 15 is 0 Å². The molecule has 1 amide bonds. The van der Waals surface area contributed by atoms with Crippen molar-refractivity contribution in [1.29, 1.82) is 0 Å². The van der Waals surface area contributed by atoms with Gasteiger partial charge in [0.15, 0.2) is 0 Å². The number of aromatic amines is 1. The van der Waals surface area contributed by atoms with Crippen molar-refractivity contribution in [2.75, 3.05) is 20.1 Å². The van der Waals surface area contributed by atoms with Gasteiger partial charge in [-0.3, -0.25) is 14.6 Å². The van der Waals surface area contributed by atoms with E-state index in [1.165, 1.54) is 48.9 Å². The molecule has 2 N–H and O–H groups in total. The maximum atomic E-state index is 12.7. The molecule has 1 fully saturated rings. The number of carbonyl (C=O) groups is 1. The Balaban J connectivity index is 1.49. The molecule has 5 rings (SSSR count). The van der Waals surface area contributed by atoms with Gasteiger partial charge in [0.05, 0.1) is 5.56 Å². The van der Waals surface area contributed by atoms with Crippen molar-refractivity contribution in [2.24, 2.45) is 0 Å². The van der Waals surface area contributed by atoms with Crippen LogP contribution in [-0.2, 0) is 19.6 Å². The smallest absolute Gasteiger partial charge is 0.252 e. The van der Waals surface area contributed by atoms with Crippen LogP contribution >= 0.6 is 0 Å². The Labute approximate surface area is 190 Å². The molecule has 168 valence electrons. The predicted octanol–water partition coefficient (Wildman–Crippen LogP) is 4.90. The third kappa shape index (κ3) is 4.19. The summed E-state index contributed by atoms with van der Waals surface area (Å²) in [6, 6.07) is 13.8. The van der Waals surface area contributed by atoms with Gasteiger partial charge < -0.3 is 10.3 Å². The van der Waals surface area contributed by atoms with Gasteiger partial charge in [0.25, 0.3) is 5.91 Å². The number of hydrogen-bond acceptors (Lipinski definition) is 3. The maximum Gasteiger partial charge on any atom is 0.252 e. The summed E-state index contributed by atoms with van der Waals surface area (Å²) in [5.74, 6) is 0.0307. The summed E-state index contributed by atoms with van der Waals surface area (Å²) in [4.78, 5) is 21.1. The monoisotopic (exact) mass is 430 g/mol. The first-order chi connectivity index (χ1) is 15.5. The molecular weight excluding hydrogens is 396 g/mol. The molecule has 0 aliphatic carbocycles. The summed E-state index contributed by atoms with van der Waals surface area (Å²) >= 11 is 0. The number of nitrogens with zero attached hydrogens (tertiary/aromatic N) is 2. The van der Waals surface area contributed by atoms with E-state index in [9.17, 15) is 4.79 Å². The normalized spacial score (nSPS) is 16.8. The third-order valence-electron chi connectivity index (χ3n) is 7.09. The number of amides is 1. The Morgan fingerprint density at radius 2 is 1.84 bits per heavy atom. The van der Waals surface area contributed by atoms with Crippen LogP contribution in [0.5, 0.6) is 0 Å². The molecule has 1 saturated heterocycles. The summed E-state index contributed by atoms with van der Waals surface area (Å²) in [5, 5.41) is 4.23. The lowest BCUT2D eigenvalue weighted by molar-refractivity contribution is 0.0966. The summed E-state index contributed by atoms with van der Waals surface area (Å²) < 4.78 is 0. The van der Waals surface area contributed by atoms with Gasteiger partial charge >= 0.3 is 0 Å². The molecule has 2 aliphatic rings. The number of carbonyl (C=O) groups excluding carboxylic acids is 1. The number of fused-ring (bicyclic) bond motifs is 2. The number of H-pyrrole nitrogens is 1. The number of benzene rings is 2. The van der Waals surface area contributed by atoms with E-state index in [0.29, 0.717) is 12.6 Å². The first-order valence-corrected chi connectivity index (χ1v) is 12.0. The Hall–Kier alpha value is -2.63. The van der Waals surface area contributed by atoms with Crippen LogP contribution in [0.4, 0.5) is 0 Å². The van der Waals surface area contributed by atoms with Crippen molar-refractivity contribution >= 4 is 16.8 Å². The fourth-order valence-electron chi connectivity index (χ4n) is 5.02. The maximum absolute atomic E-state index is 12.7. The summed E-state index contributed by atoms with van der Waals surface area (Å²) in [7, 11) is 2.15. The molecule has 0 unspecified atom stereocenters. The second-order valence-corrected chi connectivity index (χ2v) is 9.81. The van der Waals surface area contributed by atoms with E-state index in [1.54, 1.807) is 0 Å². The van der Waals surface area contributed by atoms with Gasteiger partial charge in [0.2, 0.25) is 0 Å². The van der Waals surface area contributed by atoms with Gasteiger partial charge in [-0.25, -0.2) is 0 Å². The molecule has 5 heteroatoms. The number of likely N-dealkylation sites (tertiary alicyclic amines) is 1. The molecule has 3 aromatic rings. The molecule has 2 aliphatic heterocycles. The van der Waals surface area contributed by atoms with Gasteiger partial charge in [-0.15, -0.1) is 0 Å². The highest BCUT2D eigenvalue weighted by atomic mass is 16.1. The highest BCUT2D eigenvalue weighted by Crippen LogP contribution is 2.33. The number of rotatable bonds is 6. The molecule has 0 spiro atoms. The molecule has 0 radical (unpaired) electrons. The molecule has 3 heterocycles. The van der Waals surface area contributed by atoms with Crippen LogP contribution in [0.2, 0.25) is 0 Å². The Bertz CT molecular complexity index is 1140. The number of piperidine rings is 1. The number of hydrogen-bond donors (Lipinski definition) is 2. The van der Waals surface area contributed by atoms with Gasteiger partial charge in [0, 0.05) is 47.8 Å². The summed E-state index contributed by atoms with van der Waals surface area (Å²) in [6.07, 6.45) is 3.98. The Morgan fingerprint density at radius 1 is 1.03 bits per heavy atom. The Morgan fingerprint density at radius 3 is 2.62 bits per heavy atom.